The van der Waals surface area contributed by atoms with Crippen molar-refractivity contribution in [1.82, 2.24) is 9.80 Å². The van der Waals surface area contributed by atoms with Gasteiger partial charge in [0.15, 0.2) is 0 Å². The van der Waals surface area contributed by atoms with Gasteiger partial charge in [-0.3, -0.25) is 19.7 Å². The van der Waals surface area contributed by atoms with E-state index < -0.39 is 4.92 Å². The van der Waals surface area contributed by atoms with Crippen LogP contribution in [0.15, 0.2) is 30.3 Å². The summed E-state index contributed by atoms with van der Waals surface area (Å²) in [6.45, 7) is 5.01. The molecule has 0 aliphatic rings. The first-order valence-electron chi connectivity index (χ1n) is 7.34. The molecular weight excluding hydrogens is 298 g/mol. The van der Waals surface area contributed by atoms with Crippen molar-refractivity contribution < 1.29 is 14.5 Å². The minimum Gasteiger partial charge on any atom is -0.342 e. The number of hydrogen-bond donors (Lipinski definition) is 0. The van der Waals surface area contributed by atoms with Crippen LogP contribution in [0.25, 0.3) is 6.08 Å². The van der Waals surface area contributed by atoms with Gasteiger partial charge in [-0.25, -0.2) is 0 Å². The van der Waals surface area contributed by atoms with E-state index in [9.17, 15) is 19.7 Å². The fourth-order valence-corrected chi connectivity index (χ4v) is 1.96. The lowest BCUT2D eigenvalue weighted by Gasteiger charge is -2.22. The third-order valence-electron chi connectivity index (χ3n) is 3.39. The average Bonchev–Trinajstić information content (AvgIpc) is 2.53. The number of likely N-dealkylation sites (N-methyl/N-ethyl adjacent to an activating group) is 2. The lowest BCUT2D eigenvalue weighted by atomic mass is 10.2. The van der Waals surface area contributed by atoms with E-state index in [-0.39, 0.29) is 24.0 Å². The van der Waals surface area contributed by atoms with Gasteiger partial charge in [0.2, 0.25) is 11.8 Å². The first-order chi connectivity index (χ1) is 10.9. The molecule has 0 N–H and O–H groups in total. The molecule has 0 heterocycles. The predicted molar refractivity (Wildman–Crippen MR) is 87.7 cm³/mol. The standard InChI is InChI=1S/C16H21N3O4/c1-4-18(5-2)16(21)12-17(3)15(20)11-8-13-6-9-14(10-7-13)19(22)23/h6-11H,4-5,12H2,1-3H3/b11-8+. The van der Waals surface area contributed by atoms with Crippen molar-refractivity contribution in [2.45, 2.75) is 13.8 Å². The van der Waals surface area contributed by atoms with E-state index in [1.165, 1.54) is 23.1 Å². The van der Waals surface area contributed by atoms with Crippen molar-refractivity contribution in [3.05, 3.63) is 46.0 Å². The average molecular weight is 319 g/mol. The number of benzene rings is 1. The molecule has 23 heavy (non-hydrogen) atoms. The van der Waals surface area contributed by atoms with Crippen molar-refractivity contribution in [1.29, 1.82) is 0 Å². The maximum atomic E-state index is 12.0. The third kappa shape index (κ3) is 5.54. The second-order valence-electron chi connectivity index (χ2n) is 4.94. The van der Waals surface area contributed by atoms with E-state index in [1.54, 1.807) is 30.2 Å². The fraction of sp³-hybridized carbons (Fsp3) is 0.375. The van der Waals surface area contributed by atoms with Gasteiger partial charge in [-0.05, 0) is 37.6 Å². The third-order valence-corrected chi connectivity index (χ3v) is 3.39. The Kier molecular flexibility index (Phi) is 6.92. The maximum absolute atomic E-state index is 12.0. The quantitative estimate of drug-likeness (QED) is 0.437. The second-order valence-corrected chi connectivity index (χ2v) is 4.94. The van der Waals surface area contributed by atoms with Crippen molar-refractivity contribution in [2.75, 3.05) is 26.7 Å². The van der Waals surface area contributed by atoms with Crippen molar-refractivity contribution >= 4 is 23.6 Å². The highest BCUT2D eigenvalue weighted by molar-refractivity contribution is 5.94. The summed E-state index contributed by atoms with van der Waals surface area (Å²) in [6.07, 6.45) is 2.90. The molecule has 1 rings (SSSR count). The van der Waals surface area contributed by atoms with Crippen LogP contribution in [0, 0.1) is 10.1 Å². The van der Waals surface area contributed by atoms with Crippen molar-refractivity contribution in [3.63, 3.8) is 0 Å². The summed E-state index contributed by atoms with van der Waals surface area (Å²) >= 11 is 0. The van der Waals surface area contributed by atoms with Crippen LogP contribution in [0.2, 0.25) is 0 Å². The van der Waals surface area contributed by atoms with E-state index in [1.807, 2.05) is 13.8 Å². The summed E-state index contributed by atoms with van der Waals surface area (Å²) in [5.74, 6) is -0.404. The molecular formula is C16H21N3O4. The van der Waals surface area contributed by atoms with Gasteiger partial charge in [0.05, 0.1) is 11.5 Å². The minimum absolute atomic E-state index is 0.00425. The molecule has 0 aliphatic heterocycles. The second kappa shape index (κ2) is 8.67. The largest absolute Gasteiger partial charge is 0.342 e. The van der Waals surface area contributed by atoms with E-state index in [0.717, 1.165) is 0 Å². The van der Waals surface area contributed by atoms with Crippen LogP contribution in [0.4, 0.5) is 5.69 Å². The molecule has 1 aromatic carbocycles. The molecule has 0 spiro atoms. The number of rotatable bonds is 7. The fourth-order valence-electron chi connectivity index (χ4n) is 1.96. The summed E-state index contributed by atoms with van der Waals surface area (Å²) in [6, 6.07) is 5.86. The molecule has 0 radical (unpaired) electrons. The number of carbonyl (C=O) groups is 2. The molecule has 0 aliphatic carbocycles. The minimum atomic E-state index is -0.481. The Bertz CT molecular complexity index is 592. The summed E-state index contributed by atoms with van der Waals surface area (Å²) in [7, 11) is 1.56. The van der Waals surface area contributed by atoms with Gasteiger partial charge in [0.1, 0.15) is 0 Å². The number of nitrogens with zero attached hydrogens (tertiary/aromatic N) is 3. The highest BCUT2D eigenvalue weighted by Crippen LogP contribution is 2.12. The smallest absolute Gasteiger partial charge is 0.269 e. The Balaban J connectivity index is 2.63. The van der Waals surface area contributed by atoms with Gasteiger partial charge in [-0.15, -0.1) is 0 Å². The van der Waals surface area contributed by atoms with Crippen LogP contribution in [-0.2, 0) is 9.59 Å². The highest BCUT2D eigenvalue weighted by atomic mass is 16.6. The Morgan fingerprint density at radius 1 is 1.17 bits per heavy atom. The number of non-ortho nitro benzene ring substituents is 1. The Morgan fingerprint density at radius 3 is 2.22 bits per heavy atom. The summed E-state index contributed by atoms with van der Waals surface area (Å²) < 4.78 is 0. The van der Waals surface area contributed by atoms with Crippen molar-refractivity contribution in [2.24, 2.45) is 0 Å². The Morgan fingerprint density at radius 2 is 1.74 bits per heavy atom. The van der Waals surface area contributed by atoms with E-state index in [4.69, 9.17) is 0 Å². The molecule has 124 valence electrons. The topological polar surface area (TPSA) is 83.8 Å². The Labute approximate surface area is 135 Å². The molecule has 0 bridgehead atoms. The summed E-state index contributed by atoms with van der Waals surface area (Å²) in [5, 5.41) is 10.6. The maximum Gasteiger partial charge on any atom is 0.269 e. The van der Waals surface area contributed by atoms with Gasteiger partial charge in [0, 0.05) is 38.3 Å². The van der Waals surface area contributed by atoms with Crippen LogP contribution in [0.5, 0.6) is 0 Å². The van der Waals surface area contributed by atoms with E-state index in [0.29, 0.717) is 18.7 Å². The first-order valence-corrected chi connectivity index (χ1v) is 7.34. The molecule has 0 unspecified atom stereocenters. The van der Waals surface area contributed by atoms with Crippen LogP contribution >= 0.6 is 0 Å². The molecule has 0 saturated carbocycles. The monoisotopic (exact) mass is 319 g/mol. The van der Waals surface area contributed by atoms with Gasteiger partial charge < -0.3 is 9.80 Å². The van der Waals surface area contributed by atoms with Gasteiger partial charge in [-0.2, -0.15) is 0 Å². The van der Waals surface area contributed by atoms with Gasteiger partial charge in [0.25, 0.3) is 5.69 Å². The number of hydrogen-bond acceptors (Lipinski definition) is 4. The Hall–Kier alpha value is -2.70. The molecule has 0 atom stereocenters. The lowest BCUT2D eigenvalue weighted by Crippen LogP contribution is -2.40. The van der Waals surface area contributed by atoms with Crippen LogP contribution in [0.1, 0.15) is 19.4 Å². The zero-order chi connectivity index (χ0) is 17.4. The van der Waals surface area contributed by atoms with E-state index in [2.05, 4.69) is 0 Å². The molecule has 0 saturated heterocycles. The molecule has 2 amide bonds. The van der Waals surface area contributed by atoms with Crippen molar-refractivity contribution in [3.8, 4) is 0 Å². The zero-order valence-electron chi connectivity index (χ0n) is 13.6. The van der Waals surface area contributed by atoms with Crippen LogP contribution in [-0.4, -0.2) is 53.2 Å². The molecule has 1 aromatic rings. The summed E-state index contributed by atoms with van der Waals surface area (Å²) in [5.41, 5.74) is 0.669. The van der Waals surface area contributed by atoms with Crippen LogP contribution in [0.3, 0.4) is 0 Å². The van der Waals surface area contributed by atoms with Crippen LogP contribution < -0.4 is 0 Å². The zero-order valence-corrected chi connectivity index (χ0v) is 13.6. The molecule has 7 nitrogen and oxygen atoms in total. The SMILES string of the molecule is CCN(CC)C(=O)CN(C)C(=O)/C=C/c1ccc([N+](=O)[O-])cc1. The van der Waals surface area contributed by atoms with Gasteiger partial charge in [-0.1, -0.05) is 0 Å². The number of nitro groups is 1. The molecule has 7 heteroatoms. The van der Waals surface area contributed by atoms with Gasteiger partial charge >= 0.3 is 0 Å². The van der Waals surface area contributed by atoms with E-state index >= 15 is 0 Å². The number of amides is 2. The summed E-state index contributed by atoms with van der Waals surface area (Å²) in [4.78, 5) is 37.0. The normalized spacial score (nSPS) is 10.6. The lowest BCUT2D eigenvalue weighted by molar-refractivity contribution is -0.384. The molecule has 0 aromatic heterocycles. The predicted octanol–water partition coefficient (Wildman–Crippen LogP) is 1.93. The highest BCUT2D eigenvalue weighted by Gasteiger charge is 2.14. The number of nitro benzene ring substituents is 1. The number of carbonyl (C=O) groups excluding carboxylic acids is 2. The molecule has 0 fully saturated rings. The first kappa shape index (κ1) is 18.3.